The Hall–Kier alpha value is -0.650. The second-order valence-electron chi connectivity index (χ2n) is 5.85. The van der Waals surface area contributed by atoms with E-state index in [1.165, 1.54) is 0 Å². The van der Waals surface area contributed by atoms with Gasteiger partial charge in [-0.2, -0.15) is 0 Å². The summed E-state index contributed by atoms with van der Waals surface area (Å²) in [5.41, 5.74) is 5.90. The van der Waals surface area contributed by atoms with Crippen molar-refractivity contribution in [2.24, 2.45) is 11.1 Å². The summed E-state index contributed by atoms with van der Waals surface area (Å²) < 4.78 is 5.32. The number of nitrogens with zero attached hydrogens (tertiary/aromatic N) is 2. The van der Waals surface area contributed by atoms with Gasteiger partial charge in [-0.3, -0.25) is 9.69 Å². The van der Waals surface area contributed by atoms with Crippen LogP contribution in [-0.4, -0.2) is 67.7 Å². The molecule has 0 aliphatic carbocycles. The van der Waals surface area contributed by atoms with Crippen LogP contribution in [0.15, 0.2) is 0 Å². The molecule has 5 heteroatoms. The first-order chi connectivity index (χ1) is 8.56. The lowest BCUT2D eigenvalue weighted by Gasteiger charge is -2.34. The molecule has 2 rings (SSSR count). The molecule has 1 amide bonds. The van der Waals surface area contributed by atoms with Crippen LogP contribution in [-0.2, 0) is 9.53 Å². The van der Waals surface area contributed by atoms with E-state index in [0.29, 0.717) is 6.54 Å². The molecule has 2 atom stereocenters. The molecule has 5 nitrogen and oxygen atoms in total. The van der Waals surface area contributed by atoms with Crippen molar-refractivity contribution in [1.82, 2.24) is 9.80 Å². The van der Waals surface area contributed by atoms with E-state index in [1.54, 1.807) is 0 Å². The Bertz CT molecular complexity index is 301. The Labute approximate surface area is 109 Å². The number of carbonyl (C=O) groups is 1. The van der Waals surface area contributed by atoms with Gasteiger partial charge in [0.15, 0.2) is 0 Å². The molecular formula is C13H25N3O2. The first-order valence-corrected chi connectivity index (χ1v) is 6.86. The SMILES string of the molecule is CC(C(=O)N1CCC(C)(CN)C1)N1CCOCC1. The molecule has 0 radical (unpaired) electrons. The van der Waals surface area contributed by atoms with E-state index in [-0.39, 0.29) is 17.4 Å². The fourth-order valence-corrected chi connectivity index (χ4v) is 2.76. The highest BCUT2D eigenvalue weighted by Crippen LogP contribution is 2.29. The normalized spacial score (nSPS) is 31.6. The molecule has 2 unspecified atom stereocenters. The molecule has 18 heavy (non-hydrogen) atoms. The smallest absolute Gasteiger partial charge is 0.239 e. The topological polar surface area (TPSA) is 58.8 Å². The number of ether oxygens (including phenoxy) is 1. The first-order valence-electron chi connectivity index (χ1n) is 6.86. The standard InChI is InChI=1S/C13H25N3O2/c1-11(15-5-7-18-8-6-15)12(17)16-4-3-13(2,9-14)10-16/h11H,3-10,14H2,1-2H3. The Balaban J connectivity index is 1.91. The summed E-state index contributed by atoms with van der Waals surface area (Å²) in [6, 6.07) is -0.0333. The summed E-state index contributed by atoms with van der Waals surface area (Å²) in [5, 5.41) is 0. The molecule has 2 aliphatic rings. The maximum absolute atomic E-state index is 12.5. The Kier molecular flexibility index (Phi) is 4.25. The van der Waals surface area contributed by atoms with Gasteiger partial charge in [-0.25, -0.2) is 0 Å². The molecule has 104 valence electrons. The van der Waals surface area contributed by atoms with Crippen LogP contribution in [0.5, 0.6) is 0 Å². The molecule has 0 saturated carbocycles. The van der Waals surface area contributed by atoms with Crippen molar-refractivity contribution in [3.8, 4) is 0 Å². The Morgan fingerprint density at radius 1 is 1.39 bits per heavy atom. The summed E-state index contributed by atoms with van der Waals surface area (Å²) in [4.78, 5) is 16.6. The largest absolute Gasteiger partial charge is 0.379 e. The molecule has 0 aromatic heterocycles. The van der Waals surface area contributed by atoms with Crippen molar-refractivity contribution in [3.63, 3.8) is 0 Å². The van der Waals surface area contributed by atoms with Crippen LogP contribution >= 0.6 is 0 Å². The maximum atomic E-state index is 12.5. The predicted molar refractivity (Wildman–Crippen MR) is 70.2 cm³/mol. The number of likely N-dealkylation sites (tertiary alicyclic amines) is 1. The number of hydrogen-bond donors (Lipinski definition) is 1. The molecule has 2 fully saturated rings. The quantitative estimate of drug-likeness (QED) is 0.765. The maximum Gasteiger partial charge on any atom is 0.239 e. The predicted octanol–water partition coefficient (Wildman–Crippen LogP) is -0.0956. The zero-order valence-electron chi connectivity index (χ0n) is 11.5. The molecule has 2 aliphatic heterocycles. The molecular weight excluding hydrogens is 230 g/mol. The van der Waals surface area contributed by atoms with Crippen LogP contribution in [0.25, 0.3) is 0 Å². The number of amides is 1. The Morgan fingerprint density at radius 2 is 2.06 bits per heavy atom. The van der Waals surface area contributed by atoms with Crippen molar-refractivity contribution in [2.45, 2.75) is 26.3 Å². The minimum Gasteiger partial charge on any atom is -0.379 e. The van der Waals surface area contributed by atoms with Gasteiger partial charge in [-0.1, -0.05) is 6.92 Å². The van der Waals surface area contributed by atoms with Gasteiger partial charge < -0.3 is 15.4 Å². The highest BCUT2D eigenvalue weighted by Gasteiger charge is 2.37. The summed E-state index contributed by atoms with van der Waals surface area (Å²) in [5.74, 6) is 0.245. The number of hydrogen-bond acceptors (Lipinski definition) is 4. The third-order valence-corrected chi connectivity index (χ3v) is 4.31. The zero-order chi connectivity index (χ0) is 13.2. The van der Waals surface area contributed by atoms with Crippen LogP contribution in [0.2, 0.25) is 0 Å². The highest BCUT2D eigenvalue weighted by atomic mass is 16.5. The van der Waals surface area contributed by atoms with Crippen LogP contribution in [0.1, 0.15) is 20.3 Å². The van der Waals surface area contributed by atoms with Gasteiger partial charge in [0.25, 0.3) is 0 Å². The summed E-state index contributed by atoms with van der Waals surface area (Å²) in [6.07, 6.45) is 1.02. The molecule has 2 heterocycles. The number of rotatable bonds is 3. The summed E-state index contributed by atoms with van der Waals surface area (Å²) in [7, 11) is 0. The van der Waals surface area contributed by atoms with Crippen molar-refractivity contribution in [1.29, 1.82) is 0 Å². The number of carbonyl (C=O) groups excluding carboxylic acids is 1. The molecule has 0 bridgehead atoms. The lowest BCUT2D eigenvalue weighted by Crippen LogP contribution is -2.50. The van der Waals surface area contributed by atoms with Crippen molar-refractivity contribution in [2.75, 3.05) is 45.9 Å². The first kappa shape index (κ1) is 13.8. The van der Waals surface area contributed by atoms with Gasteiger partial charge in [-0.15, -0.1) is 0 Å². The van der Waals surface area contributed by atoms with E-state index >= 15 is 0 Å². The third-order valence-electron chi connectivity index (χ3n) is 4.31. The summed E-state index contributed by atoms with van der Waals surface area (Å²) in [6.45, 7) is 9.66. The fourth-order valence-electron chi connectivity index (χ4n) is 2.76. The van der Waals surface area contributed by atoms with E-state index in [4.69, 9.17) is 10.5 Å². The van der Waals surface area contributed by atoms with Gasteiger partial charge in [0.05, 0.1) is 19.3 Å². The zero-order valence-corrected chi connectivity index (χ0v) is 11.5. The van der Waals surface area contributed by atoms with Gasteiger partial charge in [0.1, 0.15) is 0 Å². The lowest BCUT2D eigenvalue weighted by molar-refractivity contribution is -0.137. The number of morpholine rings is 1. The monoisotopic (exact) mass is 255 g/mol. The van der Waals surface area contributed by atoms with E-state index in [2.05, 4.69) is 11.8 Å². The number of nitrogens with two attached hydrogens (primary N) is 1. The van der Waals surface area contributed by atoms with E-state index in [1.807, 2.05) is 11.8 Å². The molecule has 0 spiro atoms. The van der Waals surface area contributed by atoms with Gasteiger partial charge >= 0.3 is 0 Å². The minimum absolute atomic E-state index is 0.0333. The van der Waals surface area contributed by atoms with Crippen LogP contribution in [0, 0.1) is 5.41 Å². The van der Waals surface area contributed by atoms with Crippen LogP contribution in [0.3, 0.4) is 0 Å². The van der Waals surface area contributed by atoms with E-state index in [9.17, 15) is 4.79 Å². The molecule has 2 saturated heterocycles. The second-order valence-corrected chi connectivity index (χ2v) is 5.85. The molecule has 2 N–H and O–H groups in total. The second kappa shape index (κ2) is 5.55. The van der Waals surface area contributed by atoms with Gasteiger partial charge in [0, 0.05) is 26.2 Å². The van der Waals surface area contributed by atoms with Crippen molar-refractivity contribution >= 4 is 5.91 Å². The summed E-state index contributed by atoms with van der Waals surface area (Å²) >= 11 is 0. The van der Waals surface area contributed by atoms with Gasteiger partial charge in [-0.05, 0) is 25.3 Å². The van der Waals surface area contributed by atoms with E-state index < -0.39 is 0 Å². The fraction of sp³-hybridized carbons (Fsp3) is 0.923. The van der Waals surface area contributed by atoms with Crippen LogP contribution in [0.4, 0.5) is 0 Å². The van der Waals surface area contributed by atoms with Crippen molar-refractivity contribution < 1.29 is 9.53 Å². The minimum atomic E-state index is -0.0333. The molecule has 0 aromatic carbocycles. The average molecular weight is 255 g/mol. The Morgan fingerprint density at radius 3 is 2.61 bits per heavy atom. The molecule has 0 aromatic rings. The average Bonchev–Trinajstić information content (AvgIpc) is 2.81. The lowest BCUT2D eigenvalue weighted by atomic mass is 9.90. The van der Waals surface area contributed by atoms with E-state index in [0.717, 1.165) is 45.8 Å². The van der Waals surface area contributed by atoms with Gasteiger partial charge in [0.2, 0.25) is 5.91 Å². The van der Waals surface area contributed by atoms with Crippen molar-refractivity contribution in [3.05, 3.63) is 0 Å². The van der Waals surface area contributed by atoms with Crippen LogP contribution < -0.4 is 5.73 Å². The third kappa shape index (κ3) is 2.84. The highest BCUT2D eigenvalue weighted by molar-refractivity contribution is 5.81.